The highest BCUT2D eigenvalue weighted by Crippen LogP contribution is 2.12. The Morgan fingerprint density at radius 2 is 1.88 bits per heavy atom. The third-order valence-corrected chi connectivity index (χ3v) is 3.91. The molecule has 1 saturated heterocycles. The number of hydrogen-bond donors (Lipinski definition) is 1. The van der Waals surface area contributed by atoms with Gasteiger partial charge in [0.2, 0.25) is 5.91 Å². The first-order valence-electron chi connectivity index (χ1n) is 5.95. The highest BCUT2D eigenvalue weighted by molar-refractivity contribution is 7.99. The summed E-state index contributed by atoms with van der Waals surface area (Å²) in [6.45, 7) is 1.82. The Kier molecular flexibility index (Phi) is 4.31. The zero-order valence-corrected chi connectivity index (χ0v) is 10.7. The van der Waals surface area contributed by atoms with Crippen LogP contribution in [0.3, 0.4) is 0 Å². The molecule has 1 fully saturated rings. The van der Waals surface area contributed by atoms with Gasteiger partial charge in [-0.25, -0.2) is 0 Å². The number of amides is 1. The lowest BCUT2D eigenvalue weighted by atomic mass is 10.1. The van der Waals surface area contributed by atoms with Crippen molar-refractivity contribution < 1.29 is 4.79 Å². The topological polar surface area (TPSA) is 46.3 Å². The second-order valence-electron chi connectivity index (χ2n) is 4.23. The highest BCUT2D eigenvalue weighted by atomic mass is 32.2. The van der Waals surface area contributed by atoms with Crippen molar-refractivity contribution >= 4 is 23.4 Å². The van der Waals surface area contributed by atoms with Gasteiger partial charge in [-0.3, -0.25) is 4.79 Å². The molecule has 0 unspecified atom stereocenters. The van der Waals surface area contributed by atoms with E-state index in [-0.39, 0.29) is 5.91 Å². The van der Waals surface area contributed by atoms with Gasteiger partial charge >= 0.3 is 0 Å². The van der Waals surface area contributed by atoms with E-state index in [1.807, 2.05) is 40.9 Å². The maximum absolute atomic E-state index is 11.9. The lowest BCUT2D eigenvalue weighted by Gasteiger charge is -2.26. The molecule has 0 spiro atoms. The summed E-state index contributed by atoms with van der Waals surface area (Å²) in [5.74, 6) is 2.43. The van der Waals surface area contributed by atoms with Crippen molar-refractivity contribution in [1.29, 1.82) is 0 Å². The molecule has 1 aliphatic heterocycles. The molecule has 0 aromatic heterocycles. The summed E-state index contributed by atoms with van der Waals surface area (Å²) in [7, 11) is 0. The van der Waals surface area contributed by atoms with E-state index in [9.17, 15) is 4.79 Å². The van der Waals surface area contributed by atoms with Crippen LogP contribution in [0.1, 0.15) is 12.0 Å². The third-order valence-electron chi connectivity index (χ3n) is 2.97. The average molecular weight is 250 g/mol. The van der Waals surface area contributed by atoms with Crippen LogP contribution < -0.4 is 5.73 Å². The molecule has 2 N–H and O–H groups in total. The van der Waals surface area contributed by atoms with Crippen LogP contribution >= 0.6 is 11.8 Å². The lowest BCUT2D eigenvalue weighted by molar-refractivity contribution is -0.130. The smallest absolute Gasteiger partial charge is 0.222 e. The average Bonchev–Trinajstić information content (AvgIpc) is 2.39. The monoisotopic (exact) mass is 250 g/mol. The van der Waals surface area contributed by atoms with Gasteiger partial charge in [-0.15, -0.1) is 0 Å². The van der Waals surface area contributed by atoms with E-state index in [2.05, 4.69) is 0 Å². The number of nitrogens with zero attached hydrogens (tertiary/aromatic N) is 1. The summed E-state index contributed by atoms with van der Waals surface area (Å²) in [4.78, 5) is 13.9. The number of aryl methyl sites for hydroxylation is 1. The molecule has 1 amide bonds. The summed E-state index contributed by atoms with van der Waals surface area (Å²) in [5, 5.41) is 0. The fourth-order valence-electron chi connectivity index (χ4n) is 1.91. The van der Waals surface area contributed by atoms with Crippen molar-refractivity contribution in [2.45, 2.75) is 12.8 Å². The molecular weight excluding hydrogens is 232 g/mol. The summed E-state index contributed by atoms with van der Waals surface area (Å²) >= 11 is 1.92. The SMILES string of the molecule is Nc1ccc(CCC(=O)N2CCSCC2)cc1. The first-order chi connectivity index (χ1) is 8.25. The maximum atomic E-state index is 11.9. The van der Waals surface area contributed by atoms with Gasteiger partial charge in [0, 0.05) is 36.7 Å². The van der Waals surface area contributed by atoms with Crippen LogP contribution in [0.15, 0.2) is 24.3 Å². The molecule has 2 rings (SSSR count). The minimum Gasteiger partial charge on any atom is -0.399 e. The third kappa shape index (κ3) is 3.66. The first-order valence-corrected chi connectivity index (χ1v) is 7.11. The number of benzene rings is 1. The van der Waals surface area contributed by atoms with Crippen LogP contribution in [0.25, 0.3) is 0 Å². The van der Waals surface area contributed by atoms with Crippen LogP contribution in [0, 0.1) is 0 Å². The molecule has 1 heterocycles. The Labute approximate surface area is 106 Å². The second kappa shape index (κ2) is 5.96. The van der Waals surface area contributed by atoms with E-state index in [0.29, 0.717) is 6.42 Å². The Hall–Kier alpha value is -1.16. The molecule has 4 heteroatoms. The second-order valence-corrected chi connectivity index (χ2v) is 5.46. The molecule has 1 aliphatic rings. The Morgan fingerprint density at radius 3 is 2.53 bits per heavy atom. The number of thioether (sulfide) groups is 1. The predicted octanol–water partition coefficient (Wildman–Crippen LogP) is 1.78. The van der Waals surface area contributed by atoms with Crippen molar-refractivity contribution in [3.63, 3.8) is 0 Å². The van der Waals surface area contributed by atoms with Gasteiger partial charge in [0.15, 0.2) is 0 Å². The molecule has 0 bridgehead atoms. The van der Waals surface area contributed by atoms with Crippen molar-refractivity contribution in [3.8, 4) is 0 Å². The normalized spacial score (nSPS) is 15.9. The Morgan fingerprint density at radius 1 is 1.24 bits per heavy atom. The fraction of sp³-hybridized carbons (Fsp3) is 0.462. The van der Waals surface area contributed by atoms with Gasteiger partial charge in [0.05, 0.1) is 0 Å². The quantitative estimate of drug-likeness (QED) is 0.832. The van der Waals surface area contributed by atoms with E-state index < -0.39 is 0 Å². The summed E-state index contributed by atoms with van der Waals surface area (Å²) in [6, 6.07) is 7.76. The molecule has 0 atom stereocenters. The van der Waals surface area contributed by atoms with Crippen molar-refractivity contribution in [1.82, 2.24) is 4.90 Å². The van der Waals surface area contributed by atoms with Crippen LogP contribution in [0.2, 0.25) is 0 Å². The molecule has 1 aromatic rings. The number of hydrogen-bond acceptors (Lipinski definition) is 3. The molecule has 3 nitrogen and oxygen atoms in total. The van der Waals surface area contributed by atoms with E-state index in [1.165, 1.54) is 5.56 Å². The highest BCUT2D eigenvalue weighted by Gasteiger charge is 2.15. The number of carbonyl (C=O) groups excluding carboxylic acids is 1. The fourth-order valence-corrected chi connectivity index (χ4v) is 2.81. The Balaban J connectivity index is 1.81. The van der Waals surface area contributed by atoms with Gasteiger partial charge in [-0.2, -0.15) is 11.8 Å². The zero-order valence-electron chi connectivity index (χ0n) is 9.89. The minimum atomic E-state index is 0.280. The van der Waals surface area contributed by atoms with Crippen LogP contribution in [0.4, 0.5) is 5.69 Å². The molecule has 92 valence electrons. The molecule has 0 radical (unpaired) electrons. The van der Waals surface area contributed by atoms with Crippen molar-refractivity contribution in [2.75, 3.05) is 30.3 Å². The van der Waals surface area contributed by atoms with Gasteiger partial charge in [-0.05, 0) is 24.1 Å². The van der Waals surface area contributed by atoms with Crippen molar-refractivity contribution in [3.05, 3.63) is 29.8 Å². The van der Waals surface area contributed by atoms with Gasteiger partial charge in [0.25, 0.3) is 0 Å². The number of carbonyl (C=O) groups is 1. The Bertz CT molecular complexity index is 372. The van der Waals surface area contributed by atoms with Gasteiger partial charge in [-0.1, -0.05) is 12.1 Å². The van der Waals surface area contributed by atoms with Gasteiger partial charge in [0.1, 0.15) is 0 Å². The summed E-state index contributed by atoms with van der Waals surface area (Å²) in [5.41, 5.74) is 7.57. The van der Waals surface area contributed by atoms with Crippen LogP contribution in [0.5, 0.6) is 0 Å². The molecule has 1 aromatic carbocycles. The maximum Gasteiger partial charge on any atom is 0.222 e. The first kappa shape index (κ1) is 12.3. The molecule has 17 heavy (non-hydrogen) atoms. The summed E-state index contributed by atoms with van der Waals surface area (Å²) in [6.07, 6.45) is 1.41. The number of nitrogen functional groups attached to an aromatic ring is 1. The summed E-state index contributed by atoms with van der Waals surface area (Å²) < 4.78 is 0. The van der Waals surface area contributed by atoms with E-state index >= 15 is 0 Å². The largest absolute Gasteiger partial charge is 0.399 e. The van der Waals surface area contributed by atoms with Crippen LogP contribution in [-0.4, -0.2) is 35.4 Å². The van der Waals surface area contributed by atoms with E-state index in [0.717, 1.165) is 36.7 Å². The minimum absolute atomic E-state index is 0.280. The molecule has 0 aliphatic carbocycles. The standard InChI is InChI=1S/C13H18N2OS/c14-12-4-1-11(2-5-12)3-6-13(16)15-7-9-17-10-8-15/h1-2,4-5H,3,6-10,14H2. The number of anilines is 1. The van der Waals surface area contributed by atoms with E-state index in [4.69, 9.17) is 5.73 Å². The molecular formula is C13H18N2OS. The molecule has 0 saturated carbocycles. The lowest BCUT2D eigenvalue weighted by Crippen LogP contribution is -2.37. The zero-order chi connectivity index (χ0) is 12.1. The van der Waals surface area contributed by atoms with Gasteiger partial charge < -0.3 is 10.6 Å². The number of nitrogens with two attached hydrogens (primary N) is 1. The van der Waals surface area contributed by atoms with Crippen molar-refractivity contribution in [2.24, 2.45) is 0 Å². The van der Waals surface area contributed by atoms with E-state index in [1.54, 1.807) is 0 Å². The van der Waals surface area contributed by atoms with Crippen LogP contribution in [-0.2, 0) is 11.2 Å². The predicted molar refractivity (Wildman–Crippen MR) is 73.1 cm³/mol. The number of rotatable bonds is 3.